The van der Waals surface area contributed by atoms with E-state index < -0.39 is 0 Å². The quantitative estimate of drug-likeness (QED) is 0.170. The van der Waals surface area contributed by atoms with Crippen molar-refractivity contribution in [1.82, 2.24) is 16.0 Å². The van der Waals surface area contributed by atoms with E-state index in [1.54, 1.807) is 6.26 Å². The Labute approximate surface area is 181 Å². The average molecular weight is 492 g/mol. The van der Waals surface area contributed by atoms with Gasteiger partial charge >= 0.3 is 0 Å². The number of hydrogen-bond acceptors (Lipinski definition) is 3. The van der Waals surface area contributed by atoms with E-state index in [1.165, 1.54) is 26.2 Å². The third-order valence-corrected chi connectivity index (χ3v) is 4.31. The molecule has 3 N–H and O–H groups in total. The normalized spacial score (nSPS) is 12.2. The molecule has 0 spiro atoms. The molecule has 1 aromatic heterocycles. The maximum Gasteiger partial charge on any atom is 0.216 e. The van der Waals surface area contributed by atoms with Crippen molar-refractivity contribution < 1.29 is 9.21 Å². The number of halogens is 1. The van der Waals surface area contributed by atoms with E-state index in [-0.39, 0.29) is 29.9 Å². The summed E-state index contributed by atoms with van der Waals surface area (Å²) >= 11 is 0. The minimum atomic E-state index is 0. The smallest absolute Gasteiger partial charge is 0.216 e. The van der Waals surface area contributed by atoms with Crippen molar-refractivity contribution in [1.29, 1.82) is 0 Å². The van der Waals surface area contributed by atoms with E-state index >= 15 is 0 Å². The highest BCUT2D eigenvalue weighted by Crippen LogP contribution is 2.12. The minimum absolute atomic E-state index is 0. The zero-order valence-corrected chi connectivity index (χ0v) is 19.4. The molecule has 0 saturated carbocycles. The monoisotopic (exact) mass is 492 g/mol. The van der Waals surface area contributed by atoms with Gasteiger partial charge < -0.3 is 20.4 Å². The van der Waals surface area contributed by atoms with Crippen molar-refractivity contribution in [2.24, 2.45) is 10.9 Å². The molecule has 1 amide bonds. The van der Waals surface area contributed by atoms with Crippen molar-refractivity contribution >= 4 is 35.8 Å². The number of amides is 1. The van der Waals surface area contributed by atoms with Crippen LogP contribution in [0.25, 0.3) is 0 Å². The Morgan fingerprint density at radius 2 is 1.89 bits per heavy atom. The van der Waals surface area contributed by atoms with Gasteiger partial charge in [0.25, 0.3) is 0 Å². The molecule has 6 nitrogen and oxygen atoms in total. The summed E-state index contributed by atoms with van der Waals surface area (Å²) in [7, 11) is 0. The van der Waals surface area contributed by atoms with Crippen LogP contribution in [0.2, 0.25) is 0 Å². The van der Waals surface area contributed by atoms with Crippen LogP contribution >= 0.6 is 24.0 Å². The van der Waals surface area contributed by atoms with Gasteiger partial charge in [-0.25, -0.2) is 0 Å². The maximum atomic E-state index is 10.9. The Bertz CT molecular complexity index is 506. The van der Waals surface area contributed by atoms with Crippen LogP contribution in [0.3, 0.4) is 0 Å². The molecule has 7 heteroatoms. The van der Waals surface area contributed by atoms with Gasteiger partial charge in [-0.1, -0.05) is 33.1 Å². The zero-order chi connectivity index (χ0) is 19.0. The van der Waals surface area contributed by atoms with E-state index in [1.807, 2.05) is 12.1 Å². The third-order valence-electron chi connectivity index (χ3n) is 4.31. The SMILES string of the molecule is CCCCC(CC)CN=C(NCCCNC(C)=O)NCCc1ccco1.I. The Balaban J connectivity index is 0.00000676. The molecule has 0 radical (unpaired) electrons. The van der Waals surface area contributed by atoms with E-state index in [2.05, 4.69) is 29.8 Å². The molecular weight excluding hydrogens is 455 g/mol. The molecule has 27 heavy (non-hydrogen) atoms. The highest BCUT2D eigenvalue weighted by Gasteiger charge is 2.06. The topological polar surface area (TPSA) is 78.7 Å². The molecule has 1 rings (SSSR count). The predicted octanol–water partition coefficient (Wildman–Crippen LogP) is 3.72. The summed E-state index contributed by atoms with van der Waals surface area (Å²) in [5.41, 5.74) is 0. The van der Waals surface area contributed by atoms with Crippen molar-refractivity contribution in [3.63, 3.8) is 0 Å². The van der Waals surface area contributed by atoms with Crippen LogP contribution in [-0.4, -0.2) is 38.0 Å². The highest BCUT2D eigenvalue weighted by atomic mass is 127. The fraction of sp³-hybridized carbons (Fsp3) is 0.700. The van der Waals surface area contributed by atoms with Crippen molar-refractivity contribution in [3.05, 3.63) is 24.2 Å². The summed E-state index contributed by atoms with van der Waals surface area (Å²) in [4.78, 5) is 15.7. The molecular formula is C20H37IN4O2. The second kappa shape index (κ2) is 16.9. The summed E-state index contributed by atoms with van der Waals surface area (Å²) in [5.74, 6) is 2.46. The predicted molar refractivity (Wildman–Crippen MR) is 123 cm³/mol. The van der Waals surface area contributed by atoms with Crippen LogP contribution in [0, 0.1) is 5.92 Å². The molecule has 0 aliphatic carbocycles. The highest BCUT2D eigenvalue weighted by molar-refractivity contribution is 14.0. The average Bonchev–Trinajstić information content (AvgIpc) is 3.14. The molecule has 1 unspecified atom stereocenters. The number of rotatable bonds is 13. The molecule has 0 aliphatic rings. The molecule has 0 aromatic carbocycles. The molecule has 156 valence electrons. The van der Waals surface area contributed by atoms with Crippen LogP contribution in [0.4, 0.5) is 0 Å². The van der Waals surface area contributed by atoms with Crippen LogP contribution in [0.5, 0.6) is 0 Å². The van der Waals surface area contributed by atoms with E-state index in [9.17, 15) is 4.79 Å². The lowest BCUT2D eigenvalue weighted by Crippen LogP contribution is -2.40. The fourth-order valence-corrected chi connectivity index (χ4v) is 2.63. The number of furan rings is 1. The van der Waals surface area contributed by atoms with Crippen molar-refractivity contribution in [3.8, 4) is 0 Å². The second-order valence-electron chi connectivity index (χ2n) is 6.63. The van der Waals surface area contributed by atoms with Gasteiger partial charge in [-0.3, -0.25) is 9.79 Å². The molecule has 0 bridgehead atoms. The standard InChI is InChI=1S/C20H36N4O2.HI/c1-4-6-9-18(5-2)16-24-20(22-13-8-12-21-17(3)25)23-14-11-19-10-7-15-26-19;/h7,10,15,18H,4-6,8-9,11-14,16H2,1-3H3,(H,21,25)(H2,22,23,24);1H. The van der Waals surface area contributed by atoms with Gasteiger partial charge in [-0.05, 0) is 30.9 Å². The maximum absolute atomic E-state index is 10.9. The Morgan fingerprint density at radius 3 is 2.52 bits per heavy atom. The number of nitrogens with zero attached hydrogens (tertiary/aromatic N) is 1. The van der Waals surface area contributed by atoms with Gasteiger partial charge in [0.05, 0.1) is 6.26 Å². The van der Waals surface area contributed by atoms with Gasteiger partial charge in [-0.15, -0.1) is 24.0 Å². The zero-order valence-electron chi connectivity index (χ0n) is 17.1. The Hall–Kier alpha value is -1.25. The van der Waals surface area contributed by atoms with Gasteiger partial charge in [-0.2, -0.15) is 0 Å². The summed E-state index contributed by atoms with van der Waals surface area (Å²) in [6.07, 6.45) is 8.28. The van der Waals surface area contributed by atoms with Crippen LogP contribution in [0.15, 0.2) is 27.8 Å². The first-order valence-electron chi connectivity index (χ1n) is 9.94. The third kappa shape index (κ3) is 13.5. The Morgan fingerprint density at radius 1 is 1.15 bits per heavy atom. The first-order chi connectivity index (χ1) is 12.7. The minimum Gasteiger partial charge on any atom is -0.469 e. The van der Waals surface area contributed by atoms with Crippen molar-refractivity contribution in [2.45, 2.75) is 59.3 Å². The first kappa shape index (κ1) is 25.8. The summed E-state index contributed by atoms with van der Waals surface area (Å²) in [5, 5.41) is 9.56. The lowest BCUT2D eigenvalue weighted by atomic mass is 10.00. The largest absolute Gasteiger partial charge is 0.469 e. The molecule has 1 atom stereocenters. The molecule has 0 aliphatic heterocycles. The van der Waals surface area contributed by atoms with Crippen LogP contribution in [0.1, 0.15) is 58.6 Å². The lowest BCUT2D eigenvalue weighted by molar-refractivity contribution is -0.118. The van der Waals surface area contributed by atoms with Gasteiger partial charge in [0, 0.05) is 39.5 Å². The van der Waals surface area contributed by atoms with E-state index in [4.69, 9.17) is 9.41 Å². The van der Waals surface area contributed by atoms with Gasteiger partial charge in [0.2, 0.25) is 5.91 Å². The van der Waals surface area contributed by atoms with Gasteiger partial charge in [0.15, 0.2) is 5.96 Å². The number of guanidine groups is 1. The number of carbonyl (C=O) groups is 1. The molecule has 1 aromatic rings. The number of carbonyl (C=O) groups excluding carboxylic acids is 1. The van der Waals surface area contributed by atoms with Crippen molar-refractivity contribution in [2.75, 3.05) is 26.2 Å². The van der Waals surface area contributed by atoms with E-state index in [0.29, 0.717) is 12.5 Å². The van der Waals surface area contributed by atoms with E-state index in [0.717, 1.165) is 50.6 Å². The van der Waals surface area contributed by atoms with Crippen LogP contribution < -0.4 is 16.0 Å². The van der Waals surface area contributed by atoms with Crippen LogP contribution in [-0.2, 0) is 11.2 Å². The summed E-state index contributed by atoms with van der Waals surface area (Å²) in [6.45, 7) is 9.08. The summed E-state index contributed by atoms with van der Waals surface area (Å²) < 4.78 is 5.37. The number of hydrogen-bond donors (Lipinski definition) is 3. The molecule has 0 saturated heterocycles. The second-order valence-corrected chi connectivity index (χ2v) is 6.63. The number of unbranched alkanes of at least 4 members (excludes halogenated alkanes) is 1. The Kier molecular flexibility index (Phi) is 16.1. The fourth-order valence-electron chi connectivity index (χ4n) is 2.63. The van der Waals surface area contributed by atoms with Gasteiger partial charge in [0.1, 0.15) is 5.76 Å². The first-order valence-corrected chi connectivity index (χ1v) is 9.94. The number of nitrogens with one attached hydrogen (secondary N) is 3. The molecule has 0 fully saturated rings. The summed E-state index contributed by atoms with van der Waals surface area (Å²) in [6, 6.07) is 3.89. The lowest BCUT2D eigenvalue weighted by Gasteiger charge is -2.15. The molecule has 1 heterocycles. The number of aliphatic imine (C=N–C) groups is 1.